The Hall–Kier alpha value is -0.870. The maximum atomic E-state index is 7.24. The topological polar surface area (TPSA) is 61.9 Å². The van der Waals surface area contributed by atoms with Gasteiger partial charge in [0.1, 0.15) is 0 Å². The molecule has 0 saturated heterocycles. The highest BCUT2D eigenvalue weighted by Gasteiger charge is 1.93. The quantitative estimate of drug-likeness (QED) is 0.574. The van der Waals surface area contributed by atoms with Crippen LogP contribution in [0.1, 0.15) is 12.5 Å². The molecule has 1 aromatic rings. The molecule has 0 radical (unpaired) electrons. The van der Waals surface area contributed by atoms with Crippen LogP contribution in [0.4, 0.5) is 5.69 Å². The Morgan fingerprint density at radius 1 is 1.36 bits per heavy atom. The number of hydrogen-bond acceptors (Lipinski definition) is 2. The molecule has 0 aromatic heterocycles. The highest BCUT2D eigenvalue weighted by molar-refractivity contribution is 8.93. The van der Waals surface area contributed by atoms with Crippen molar-refractivity contribution in [3.8, 4) is 0 Å². The first-order chi connectivity index (χ1) is 6.22. The summed E-state index contributed by atoms with van der Waals surface area (Å²) in [5, 5.41) is 10.2. The average molecular weight is 258 g/mol. The number of nitrogens with two attached hydrogens (primary N) is 1. The highest BCUT2D eigenvalue weighted by atomic mass is 79.9. The molecule has 78 valence electrons. The first kappa shape index (κ1) is 13.1. The summed E-state index contributed by atoms with van der Waals surface area (Å²) in [7, 11) is 0. The molecular weight excluding hydrogens is 242 g/mol. The lowest BCUT2D eigenvalue weighted by atomic mass is 10.1. The summed E-state index contributed by atoms with van der Waals surface area (Å²) >= 11 is 0. The summed E-state index contributed by atoms with van der Waals surface area (Å²) in [5.41, 5.74) is 7.61. The molecule has 0 spiro atoms. The maximum Gasteiger partial charge on any atom is 0.0944 e. The first-order valence-electron chi connectivity index (χ1n) is 4.33. The minimum absolute atomic E-state index is 0. The van der Waals surface area contributed by atoms with Crippen molar-refractivity contribution >= 4 is 28.5 Å². The number of nitrogens with one attached hydrogen (secondary N) is 2. The second-order valence-electron chi connectivity index (χ2n) is 2.99. The lowest BCUT2D eigenvalue weighted by molar-refractivity contribution is 0.969. The Labute approximate surface area is 95.0 Å². The van der Waals surface area contributed by atoms with Gasteiger partial charge in [-0.2, -0.15) is 0 Å². The minimum Gasteiger partial charge on any atom is -0.344 e. The first-order valence-corrected chi connectivity index (χ1v) is 4.33. The van der Waals surface area contributed by atoms with Crippen LogP contribution >= 0.6 is 17.0 Å². The molecular formula is C10H16BrN3. The third-order valence-electron chi connectivity index (χ3n) is 1.72. The van der Waals surface area contributed by atoms with Gasteiger partial charge in [0.05, 0.1) is 5.84 Å². The molecule has 4 heteroatoms. The third-order valence-corrected chi connectivity index (χ3v) is 1.72. The van der Waals surface area contributed by atoms with Gasteiger partial charge in [0.25, 0.3) is 0 Å². The van der Waals surface area contributed by atoms with E-state index in [1.807, 2.05) is 24.3 Å². The van der Waals surface area contributed by atoms with Gasteiger partial charge >= 0.3 is 0 Å². The number of hydrogen-bond donors (Lipinski definition) is 3. The third kappa shape index (κ3) is 4.39. The summed E-state index contributed by atoms with van der Waals surface area (Å²) < 4.78 is 0. The van der Waals surface area contributed by atoms with E-state index in [1.165, 1.54) is 5.56 Å². The van der Waals surface area contributed by atoms with Gasteiger partial charge in [-0.25, -0.2) is 0 Å². The van der Waals surface area contributed by atoms with E-state index in [0.29, 0.717) is 12.4 Å². The van der Waals surface area contributed by atoms with Crippen LogP contribution < -0.4 is 11.1 Å². The standard InChI is InChI=1S/C10H15N3.BrH/c1-8(12)13-10-4-2-9(3-5-10)6-7-11;/h2-5H,6-7,11H2,1H3,(H2,12,13);1H. The molecule has 3 nitrogen and oxygen atoms in total. The van der Waals surface area contributed by atoms with E-state index in [1.54, 1.807) is 6.92 Å². The van der Waals surface area contributed by atoms with Crippen LogP contribution in [0.3, 0.4) is 0 Å². The van der Waals surface area contributed by atoms with Gasteiger partial charge in [-0.05, 0) is 37.6 Å². The maximum absolute atomic E-state index is 7.24. The molecule has 0 fully saturated rings. The van der Waals surface area contributed by atoms with Crippen LogP contribution in [0.15, 0.2) is 24.3 Å². The Bertz CT molecular complexity index is 282. The van der Waals surface area contributed by atoms with Crippen LogP contribution in [-0.2, 0) is 6.42 Å². The second kappa shape index (κ2) is 6.56. The molecule has 0 amide bonds. The minimum atomic E-state index is 0. The molecule has 1 aromatic carbocycles. The van der Waals surface area contributed by atoms with Crippen molar-refractivity contribution in [2.45, 2.75) is 13.3 Å². The van der Waals surface area contributed by atoms with Crippen molar-refractivity contribution in [2.75, 3.05) is 11.9 Å². The van der Waals surface area contributed by atoms with E-state index < -0.39 is 0 Å². The molecule has 4 N–H and O–H groups in total. The number of anilines is 1. The van der Waals surface area contributed by atoms with Crippen molar-refractivity contribution in [3.05, 3.63) is 29.8 Å². The zero-order valence-electron chi connectivity index (χ0n) is 8.21. The van der Waals surface area contributed by atoms with Crippen LogP contribution in [0.5, 0.6) is 0 Å². The molecule has 0 atom stereocenters. The molecule has 0 aliphatic carbocycles. The van der Waals surface area contributed by atoms with Crippen molar-refractivity contribution in [3.63, 3.8) is 0 Å². The fourth-order valence-electron chi connectivity index (χ4n) is 1.14. The van der Waals surface area contributed by atoms with Crippen LogP contribution in [0, 0.1) is 5.41 Å². The lowest BCUT2D eigenvalue weighted by Gasteiger charge is -2.04. The normalized spacial score (nSPS) is 9.00. The van der Waals surface area contributed by atoms with Crippen molar-refractivity contribution in [2.24, 2.45) is 5.73 Å². The van der Waals surface area contributed by atoms with E-state index in [0.717, 1.165) is 12.1 Å². The molecule has 0 aliphatic heterocycles. The Morgan fingerprint density at radius 3 is 2.36 bits per heavy atom. The Kier molecular flexibility index (Phi) is 6.16. The monoisotopic (exact) mass is 257 g/mol. The smallest absolute Gasteiger partial charge is 0.0944 e. The summed E-state index contributed by atoms with van der Waals surface area (Å²) in [5.74, 6) is 0.451. The number of rotatable bonds is 3. The molecule has 0 saturated carbocycles. The van der Waals surface area contributed by atoms with E-state index in [-0.39, 0.29) is 17.0 Å². The molecule has 0 heterocycles. The van der Waals surface area contributed by atoms with Gasteiger partial charge < -0.3 is 11.1 Å². The van der Waals surface area contributed by atoms with E-state index in [2.05, 4.69) is 5.32 Å². The highest BCUT2D eigenvalue weighted by Crippen LogP contribution is 2.09. The average Bonchev–Trinajstić information content (AvgIpc) is 2.08. The van der Waals surface area contributed by atoms with E-state index >= 15 is 0 Å². The summed E-state index contributed by atoms with van der Waals surface area (Å²) in [6.07, 6.45) is 0.907. The number of halogens is 1. The van der Waals surface area contributed by atoms with Gasteiger partial charge in [0.2, 0.25) is 0 Å². The van der Waals surface area contributed by atoms with Crippen LogP contribution in [-0.4, -0.2) is 12.4 Å². The van der Waals surface area contributed by atoms with E-state index in [4.69, 9.17) is 11.1 Å². The fourth-order valence-corrected chi connectivity index (χ4v) is 1.14. The molecule has 1 rings (SSSR count). The van der Waals surface area contributed by atoms with Crippen LogP contribution in [0.2, 0.25) is 0 Å². The van der Waals surface area contributed by atoms with E-state index in [9.17, 15) is 0 Å². The predicted octanol–water partition coefficient (Wildman–Crippen LogP) is 2.17. The molecule has 14 heavy (non-hydrogen) atoms. The van der Waals surface area contributed by atoms with Crippen LogP contribution in [0.25, 0.3) is 0 Å². The summed E-state index contributed by atoms with van der Waals surface area (Å²) in [4.78, 5) is 0. The summed E-state index contributed by atoms with van der Waals surface area (Å²) in [6.45, 7) is 2.39. The molecule has 0 bridgehead atoms. The van der Waals surface area contributed by atoms with Gasteiger partial charge in [-0.3, -0.25) is 5.41 Å². The lowest BCUT2D eigenvalue weighted by Crippen LogP contribution is -2.05. The SMILES string of the molecule is Br.CC(=N)Nc1ccc(CCN)cc1. The summed E-state index contributed by atoms with van der Waals surface area (Å²) in [6, 6.07) is 7.97. The molecule has 0 aliphatic rings. The zero-order valence-corrected chi connectivity index (χ0v) is 9.92. The Morgan fingerprint density at radius 2 is 1.93 bits per heavy atom. The Balaban J connectivity index is 0.00000169. The zero-order chi connectivity index (χ0) is 9.68. The van der Waals surface area contributed by atoms with Gasteiger partial charge in [0.15, 0.2) is 0 Å². The number of benzene rings is 1. The van der Waals surface area contributed by atoms with Gasteiger partial charge in [0, 0.05) is 5.69 Å². The van der Waals surface area contributed by atoms with Crippen molar-refractivity contribution in [1.29, 1.82) is 5.41 Å². The van der Waals surface area contributed by atoms with Crippen molar-refractivity contribution in [1.82, 2.24) is 0 Å². The number of amidine groups is 1. The second-order valence-corrected chi connectivity index (χ2v) is 2.99. The van der Waals surface area contributed by atoms with Gasteiger partial charge in [-0.15, -0.1) is 17.0 Å². The van der Waals surface area contributed by atoms with Gasteiger partial charge in [-0.1, -0.05) is 12.1 Å². The molecule has 0 unspecified atom stereocenters. The van der Waals surface area contributed by atoms with Crippen molar-refractivity contribution < 1.29 is 0 Å². The predicted molar refractivity (Wildman–Crippen MR) is 66.5 cm³/mol. The largest absolute Gasteiger partial charge is 0.344 e. The fraction of sp³-hybridized carbons (Fsp3) is 0.300.